The monoisotopic (exact) mass is 424 g/mol. The van der Waals surface area contributed by atoms with Crippen LogP contribution < -0.4 is 5.32 Å². The van der Waals surface area contributed by atoms with Crippen LogP contribution in [0.1, 0.15) is 29.6 Å². The molecule has 2 aromatic rings. The third kappa shape index (κ3) is 5.50. The number of amides is 2. The molecular weight excluding hydrogens is 396 g/mol. The van der Waals surface area contributed by atoms with Crippen molar-refractivity contribution in [2.45, 2.75) is 43.6 Å². The minimum Gasteiger partial charge on any atom is -0.389 e. The van der Waals surface area contributed by atoms with E-state index in [0.29, 0.717) is 18.4 Å². The molecule has 0 unspecified atom stereocenters. The average Bonchev–Trinajstić information content (AvgIpc) is 2.77. The van der Waals surface area contributed by atoms with Gasteiger partial charge in [0.25, 0.3) is 5.91 Å². The summed E-state index contributed by atoms with van der Waals surface area (Å²) in [7, 11) is 0. The Labute approximate surface area is 182 Å². The van der Waals surface area contributed by atoms with E-state index in [-0.39, 0.29) is 56.2 Å². The Hall–Kier alpha value is -2.74. The minimum atomic E-state index is -0.747. The maximum absolute atomic E-state index is 13.2. The maximum Gasteiger partial charge on any atom is 0.254 e. The molecule has 0 aromatic heterocycles. The molecule has 2 heterocycles. The first-order valence-corrected chi connectivity index (χ1v) is 10.7. The molecule has 2 aliphatic heterocycles. The van der Waals surface area contributed by atoms with E-state index in [1.165, 1.54) is 0 Å². The Balaban J connectivity index is 1.43. The van der Waals surface area contributed by atoms with Crippen molar-refractivity contribution in [3.8, 4) is 0 Å². The van der Waals surface area contributed by atoms with Gasteiger partial charge in [-0.05, 0) is 37.1 Å². The first-order chi connectivity index (χ1) is 15.1. The van der Waals surface area contributed by atoms with E-state index in [9.17, 15) is 14.7 Å². The zero-order chi connectivity index (χ0) is 21.6. The lowest BCUT2D eigenvalue weighted by atomic mass is 9.94. The van der Waals surface area contributed by atoms with Crippen LogP contribution in [0.15, 0.2) is 60.7 Å². The van der Waals surface area contributed by atoms with Crippen LogP contribution in [-0.4, -0.2) is 65.9 Å². The number of carbonyl (C=O) groups excluding carboxylic acids is 2. The number of hydrogen-bond acceptors (Lipinski definition) is 5. The second-order valence-corrected chi connectivity index (χ2v) is 8.07. The SMILES string of the molecule is O=C(C[C@@H]1CC[C@H]2[C@@H](COC[C@H](O)CN2C(=O)c2ccccc2)O1)Nc1ccccc1. The molecular formula is C24H28N2O5. The highest BCUT2D eigenvalue weighted by atomic mass is 16.5. The quantitative estimate of drug-likeness (QED) is 0.787. The van der Waals surface area contributed by atoms with Gasteiger partial charge in [-0.25, -0.2) is 0 Å². The van der Waals surface area contributed by atoms with Crippen LogP contribution in [0, 0.1) is 0 Å². The minimum absolute atomic E-state index is 0.103. The third-order valence-corrected chi connectivity index (χ3v) is 5.73. The number of carbonyl (C=O) groups is 2. The normalized spacial score (nSPS) is 26.3. The summed E-state index contributed by atoms with van der Waals surface area (Å²) < 4.78 is 11.8. The molecule has 0 bridgehead atoms. The molecule has 7 nitrogen and oxygen atoms in total. The van der Waals surface area contributed by atoms with Gasteiger partial charge in [-0.2, -0.15) is 0 Å². The van der Waals surface area contributed by atoms with Gasteiger partial charge in [0.15, 0.2) is 0 Å². The number of nitrogens with zero attached hydrogens (tertiary/aromatic N) is 1. The molecule has 2 N–H and O–H groups in total. The Morgan fingerprint density at radius 1 is 1.00 bits per heavy atom. The number of hydrogen-bond donors (Lipinski definition) is 2. The predicted molar refractivity (Wildman–Crippen MR) is 116 cm³/mol. The molecule has 164 valence electrons. The molecule has 0 spiro atoms. The maximum atomic E-state index is 13.2. The van der Waals surface area contributed by atoms with Crippen molar-refractivity contribution < 1.29 is 24.2 Å². The number of anilines is 1. The lowest BCUT2D eigenvalue weighted by Gasteiger charge is -2.44. The molecule has 7 heteroatoms. The van der Waals surface area contributed by atoms with Crippen LogP contribution in [0.5, 0.6) is 0 Å². The summed E-state index contributed by atoms with van der Waals surface area (Å²) in [5.41, 5.74) is 1.34. The van der Waals surface area contributed by atoms with Crippen molar-refractivity contribution in [1.29, 1.82) is 0 Å². The van der Waals surface area contributed by atoms with Crippen LogP contribution >= 0.6 is 0 Å². The summed E-state index contributed by atoms with van der Waals surface area (Å²) >= 11 is 0. The van der Waals surface area contributed by atoms with Gasteiger partial charge in [-0.1, -0.05) is 36.4 Å². The van der Waals surface area contributed by atoms with Gasteiger partial charge in [0.1, 0.15) is 6.10 Å². The molecule has 2 amide bonds. The molecule has 4 rings (SSSR count). The predicted octanol–water partition coefficient (Wildman–Crippen LogP) is 2.46. The number of aliphatic hydroxyl groups is 1. The zero-order valence-corrected chi connectivity index (χ0v) is 17.4. The first-order valence-electron chi connectivity index (χ1n) is 10.7. The molecule has 31 heavy (non-hydrogen) atoms. The molecule has 2 fully saturated rings. The van der Waals surface area contributed by atoms with Crippen LogP contribution in [-0.2, 0) is 14.3 Å². The zero-order valence-electron chi connectivity index (χ0n) is 17.4. The van der Waals surface area contributed by atoms with Gasteiger partial charge < -0.3 is 24.8 Å². The fourth-order valence-electron chi connectivity index (χ4n) is 4.26. The van der Waals surface area contributed by atoms with Crippen molar-refractivity contribution in [3.63, 3.8) is 0 Å². The van der Waals surface area contributed by atoms with Crippen molar-refractivity contribution >= 4 is 17.5 Å². The molecule has 0 saturated carbocycles. The molecule has 4 atom stereocenters. The van der Waals surface area contributed by atoms with E-state index in [4.69, 9.17) is 9.47 Å². The second-order valence-electron chi connectivity index (χ2n) is 8.07. The summed E-state index contributed by atoms with van der Waals surface area (Å²) in [5, 5.41) is 13.2. The van der Waals surface area contributed by atoms with E-state index >= 15 is 0 Å². The van der Waals surface area contributed by atoms with E-state index in [1.54, 1.807) is 17.0 Å². The summed E-state index contributed by atoms with van der Waals surface area (Å²) in [4.78, 5) is 27.3. The highest BCUT2D eigenvalue weighted by Crippen LogP contribution is 2.29. The fraction of sp³-hybridized carbons (Fsp3) is 0.417. The number of rotatable bonds is 4. The number of benzene rings is 2. The van der Waals surface area contributed by atoms with E-state index in [2.05, 4.69) is 5.32 Å². The molecule has 0 aliphatic carbocycles. The number of β-amino-alcohol motifs (C(OH)–C–C–N with tert-alkyl or cyclic N) is 1. The number of ether oxygens (including phenoxy) is 2. The average molecular weight is 424 g/mol. The Bertz CT molecular complexity index is 876. The topological polar surface area (TPSA) is 88.1 Å². The van der Waals surface area contributed by atoms with Crippen LogP contribution in [0.4, 0.5) is 5.69 Å². The largest absolute Gasteiger partial charge is 0.389 e. The lowest BCUT2D eigenvalue weighted by molar-refractivity contribution is -0.149. The number of para-hydroxylation sites is 1. The van der Waals surface area contributed by atoms with Crippen LogP contribution in [0.2, 0.25) is 0 Å². The van der Waals surface area contributed by atoms with E-state index in [1.807, 2.05) is 48.5 Å². The first kappa shape index (κ1) is 21.5. The van der Waals surface area contributed by atoms with Crippen molar-refractivity contribution in [2.75, 3.05) is 25.1 Å². The lowest BCUT2D eigenvalue weighted by Crippen LogP contribution is -2.57. The molecule has 2 aliphatic rings. The van der Waals surface area contributed by atoms with Crippen molar-refractivity contribution in [1.82, 2.24) is 4.90 Å². The number of nitrogens with one attached hydrogen (secondary N) is 1. The van der Waals surface area contributed by atoms with Gasteiger partial charge >= 0.3 is 0 Å². The third-order valence-electron chi connectivity index (χ3n) is 5.73. The Morgan fingerprint density at radius 2 is 1.71 bits per heavy atom. The number of aliphatic hydroxyl groups excluding tert-OH is 1. The van der Waals surface area contributed by atoms with Crippen LogP contribution in [0.3, 0.4) is 0 Å². The molecule has 2 aromatic carbocycles. The Morgan fingerprint density at radius 3 is 2.45 bits per heavy atom. The summed E-state index contributed by atoms with van der Waals surface area (Å²) in [5.74, 6) is -0.227. The van der Waals surface area contributed by atoms with Gasteiger partial charge in [0.2, 0.25) is 5.91 Å². The van der Waals surface area contributed by atoms with E-state index < -0.39 is 6.10 Å². The van der Waals surface area contributed by atoms with E-state index in [0.717, 1.165) is 5.69 Å². The van der Waals surface area contributed by atoms with Gasteiger partial charge in [0.05, 0.1) is 37.9 Å². The van der Waals surface area contributed by atoms with Gasteiger partial charge in [-0.3, -0.25) is 9.59 Å². The molecule has 2 saturated heterocycles. The summed E-state index contributed by atoms with van der Waals surface area (Å²) in [6.07, 6.45) is 0.242. The fourth-order valence-corrected chi connectivity index (χ4v) is 4.26. The van der Waals surface area contributed by atoms with Crippen LogP contribution in [0.25, 0.3) is 0 Å². The van der Waals surface area contributed by atoms with Crippen molar-refractivity contribution in [3.05, 3.63) is 66.2 Å². The highest BCUT2D eigenvalue weighted by molar-refractivity contribution is 5.94. The highest BCUT2D eigenvalue weighted by Gasteiger charge is 2.40. The van der Waals surface area contributed by atoms with Gasteiger partial charge in [0, 0.05) is 17.8 Å². The summed E-state index contributed by atoms with van der Waals surface area (Å²) in [6, 6.07) is 18.2. The standard InChI is InChI=1S/C24H28N2O5/c27-19-14-26(24(29)17-7-3-1-4-8-17)21-12-11-20(31-22(21)16-30-15-19)13-23(28)25-18-9-5-2-6-10-18/h1-10,19-22,27H,11-16H2,(H,25,28)/t19-,20+,21+,22-/m1/s1. The number of fused-ring (bicyclic) bond motifs is 1. The summed E-state index contributed by atoms with van der Waals surface area (Å²) in [6.45, 7) is 0.610. The second kappa shape index (κ2) is 10.0. The molecule has 0 radical (unpaired) electrons. The Kier molecular flexibility index (Phi) is 6.96. The van der Waals surface area contributed by atoms with Crippen molar-refractivity contribution in [2.24, 2.45) is 0 Å². The smallest absolute Gasteiger partial charge is 0.254 e. The van der Waals surface area contributed by atoms with Gasteiger partial charge in [-0.15, -0.1) is 0 Å².